The van der Waals surface area contributed by atoms with Crippen LogP contribution in [0.15, 0.2) is 24.3 Å². The van der Waals surface area contributed by atoms with Crippen LogP contribution in [-0.4, -0.2) is 81.2 Å². The predicted octanol–water partition coefficient (Wildman–Crippen LogP) is 1.26. The van der Waals surface area contributed by atoms with Crippen molar-refractivity contribution >= 4 is 0 Å². The molecule has 0 aliphatic carbocycles. The van der Waals surface area contributed by atoms with Gasteiger partial charge >= 0.3 is 0 Å². The summed E-state index contributed by atoms with van der Waals surface area (Å²) in [6.45, 7) is 9.98. The van der Waals surface area contributed by atoms with Crippen molar-refractivity contribution in [1.29, 1.82) is 0 Å². The Morgan fingerprint density at radius 3 is 2.48 bits per heavy atom. The molecule has 0 bridgehead atoms. The molecule has 0 radical (unpaired) electrons. The third kappa shape index (κ3) is 5.18. The SMILES string of the molecule is CCN1CCN(C(CN)c2ccccc2OCCN(C)C)CC1. The monoisotopic (exact) mass is 320 g/mol. The fourth-order valence-electron chi connectivity index (χ4n) is 3.09. The number of nitrogens with zero attached hydrogens (tertiary/aromatic N) is 3. The molecule has 1 heterocycles. The van der Waals surface area contributed by atoms with Crippen molar-refractivity contribution in [3.63, 3.8) is 0 Å². The minimum atomic E-state index is 0.240. The first-order chi connectivity index (χ1) is 11.2. The predicted molar refractivity (Wildman–Crippen MR) is 96.0 cm³/mol. The molecular formula is C18H32N4O. The highest BCUT2D eigenvalue weighted by atomic mass is 16.5. The van der Waals surface area contributed by atoms with Crippen molar-refractivity contribution in [3.8, 4) is 5.75 Å². The van der Waals surface area contributed by atoms with Gasteiger partial charge in [0.25, 0.3) is 0 Å². The zero-order valence-corrected chi connectivity index (χ0v) is 14.9. The maximum atomic E-state index is 6.13. The Labute approximate surface area is 141 Å². The average Bonchev–Trinajstić information content (AvgIpc) is 2.57. The number of hydrogen-bond donors (Lipinski definition) is 1. The van der Waals surface area contributed by atoms with Gasteiger partial charge in [-0.15, -0.1) is 0 Å². The summed E-state index contributed by atoms with van der Waals surface area (Å²) in [4.78, 5) is 7.12. The van der Waals surface area contributed by atoms with Crippen LogP contribution in [0.25, 0.3) is 0 Å². The van der Waals surface area contributed by atoms with Gasteiger partial charge in [-0.25, -0.2) is 0 Å². The van der Waals surface area contributed by atoms with Crippen LogP contribution in [0.4, 0.5) is 0 Å². The first-order valence-electron chi connectivity index (χ1n) is 8.68. The molecule has 130 valence electrons. The van der Waals surface area contributed by atoms with Crippen LogP contribution in [0.3, 0.4) is 0 Å². The number of piperazine rings is 1. The second-order valence-electron chi connectivity index (χ2n) is 6.41. The van der Waals surface area contributed by atoms with Crippen LogP contribution in [0.1, 0.15) is 18.5 Å². The van der Waals surface area contributed by atoms with Crippen LogP contribution < -0.4 is 10.5 Å². The smallest absolute Gasteiger partial charge is 0.124 e. The average molecular weight is 320 g/mol. The molecule has 1 aromatic rings. The van der Waals surface area contributed by atoms with Crippen molar-refractivity contribution < 1.29 is 4.74 Å². The Kier molecular flexibility index (Phi) is 7.30. The molecule has 1 aliphatic heterocycles. The lowest BCUT2D eigenvalue weighted by atomic mass is 10.0. The minimum Gasteiger partial charge on any atom is -0.492 e. The standard InChI is InChI=1S/C18H32N4O/c1-4-21-9-11-22(12-10-21)17(15-19)16-7-5-6-8-18(16)23-14-13-20(2)3/h5-8,17H,4,9-15,19H2,1-3H3. The molecule has 1 saturated heterocycles. The van der Waals surface area contributed by atoms with E-state index in [0.29, 0.717) is 13.2 Å². The number of benzene rings is 1. The molecule has 1 aliphatic rings. The van der Waals surface area contributed by atoms with E-state index in [4.69, 9.17) is 10.5 Å². The molecule has 1 fully saturated rings. The number of likely N-dealkylation sites (N-methyl/N-ethyl adjacent to an activating group) is 2. The Morgan fingerprint density at radius 2 is 1.87 bits per heavy atom. The van der Waals surface area contributed by atoms with Crippen molar-refractivity contribution in [1.82, 2.24) is 14.7 Å². The van der Waals surface area contributed by atoms with Gasteiger partial charge in [0.2, 0.25) is 0 Å². The van der Waals surface area contributed by atoms with Crippen molar-refractivity contribution in [2.24, 2.45) is 5.73 Å². The number of ether oxygens (including phenoxy) is 1. The summed E-state index contributed by atoms with van der Waals surface area (Å²) >= 11 is 0. The molecule has 1 unspecified atom stereocenters. The van der Waals surface area contributed by atoms with Gasteiger partial charge in [-0.3, -0.25) is 4.90 Å². The van der Waals surface area contributed by atoms with Gasteiger partial charge in [-0.05, 0) is 26.7 Å². The molecule has 0 aromatic heterocycles. The van der Waals surface area contributed by atoms with Gasteiger partial charge < -0.3 is 20.3 Å². The quantitative estimate of drug-likeness (QED) is 0.781. The zero-order chi connectivity index (χ0) is 16.7. The Balaban J connectivity index is 2.05. The highest BCUT2D eigenvalue weighted by molar-refractivity contribution is 5.36. The van der Waals surface area contributed by atoms with Gasteiger partial charge in [0.05, 0.1) is 6.04 Å². The summed E-state index contributed by atoms with van der Waals surface area (Å²) in [5.41, 5.74) is 7.35. The molecule has 2 rings (SSSR count). The Morgan fingerprint density at radius 1 is 1.17 bits per heavy atom. The molecule has 1 atom stereocenters. The lowest BCUT2D eigenvalue weighted by Crippen LogP contribution is -2.48. The molecule has 0 spiro atoms. The molecule has 0 saturated carbocycles. The number of para-hydroxylation sites is 1. The summed E-state index contributed by atoms with van der Waals surface area (Å²) in [6.07, 6.45) is 0. The second-order valence-corrected chi connectivity index (χ2v) is 6.41. The summed E-state index contributed by atoms with van der Waals surface area (Å²) in [6, 6.07) is 8.59. The number of nitrogens with two attached hydrogens (primary N) is 1. The molecule has 0 amide bonds. The van der Waals surface area contributed by atoms with Gasteiger partial charge in [0.15, 0.2) is 0 Å². The van der Waals surface area contributed by atoms with Crippen molar-refractivity contribution in [2.45, 2.75) is 13.0 Å². The van der Waals surface area contributed by atoms with Crippen LogP contribution in [-0.2, 0) is 0 Å². The summed E-state index contributed by atoms with van der Waals surface area (Å²) in [5.74, 6) is 0.975. The third-order valence-electron chi connectivity index (χ3n) is 4.59. The normalized spacial score (nSPS) is 18.3. The molecule has 5 nitrogen and oxygen atoms in total. The van der Waals surface area contributed by atoms with E-state index in [1.54, 1.807) is 0 Å². The van der Waals surface area contributed by atoms with E-state index in [9.17, 15) is 0 Å². The van der Waals surface area contributed by atoms with E-state index >= 15 is 0 Å². The van der Waals surface area contributed by atoms with Crippen LogP contribution >= 0.6 is 0 Å². The van der Waals surface area contributed by atoms with Crippen LogP contribution in [0.2, 0.25) is 0 Å². The van der Waals surface area contributed by atoms with E-state index < -0.39 is 0 Å². The molecule has 2 N–H and O–H groups in total. The van der Waals surface area contributed by atoms with E-state index in [1.165, 1.54) is 5.56 Å². The summed E-state index contributed by atoms with van der Waals surface area (Å²) in [7, 11) is 4.12. The number of hydrogen-bond acceptors (Lipinski definition) is 5. The van der Waals surface area contributed by atoms with Gasteiger partial charge in [0.1, 0.15) is 12.4 Å². The van der Waals surface area contributed by atoms with Gasteiger partial charge in [0, 0.05) is 44.8 Å². The highest BCUT2D eigenvalue weighted by Gasteiger charge is 2.25. The van der Waals surface area contributed by atoms with Crippen molar-refractivity contribution in [2.75, 3.05) is 66.5 Å². The summed E-state index contributed by atoms with van der Waals surface area (Å²) in [5, 5.41) is 0. The van der Waals surface area contributed by atoms with E-state index in [-0.39, 0.29) is 6.04 Å². The first kappa shape index (κ1) is 18.2. The van der Waals surface area contributed by atoms with E-state index in [0.717, 1.165) is 45.0 Å². The second kappa shape index (κ2) is 9.23. The molecule has 5 heteroatoms. The largest absolute Gasteiger partial charge is 0.492 e. The highest BCUT2D eigenvalue weighted by Crippen LogP contribution is 2.29. The Hall–Kier alpha value is -1.14. The lowest BCUT2D eigenvalue weighted by Gasteiger charge is -2.39. The molecular weight excluding hydrogens is 288 g/mol. The third-order valence-corrected chi connectivity index (χ3v) is 4.59. The Bertz CT molecular complexity index is 458. The lowest BCUT2D eigenvalue weighted by molar-refractivity contribution is 0.100. The van der Waals surface area contributed by atoms with Crippen LogP contribution in [0.5, 0.6) is 5.75 Å². The maximum Gasteiger partial charge on any atom is 0.124 e. The first-order valence-corrected chi connectivity index (χ1v) is 8.68. The van der Waals surface area contributed by atoms with Gasteiger partial charge in [-0.2, -0.15) is 0 Å². The fraction of sp³-hybridized carbons (Fsp3) is 0.667. The summed E-state index contributed by atoms with van der Waals surface area (Å²) < 4.78 is 6.03. The van der Waals surface area contributed by atoms with E-state index in [1.807, 2.05) is 6.07 Å². The topological polar surface area (TPSA) is 45.0 Å². The zero-order valence-electron chi connectivity index (χ0n) is 14.9. The number of rotatable bonds is 8. The van der Waals surface area contributed by atoms with E-state index in [2.05, 4.69) is 53.9 Å². The fourth-order valence-corrected chi connectivity index (χ4v) is 3.09. The molecule has 1 aromatic carbocycles. The van der Waals surface area contributed by atoms with Crippen molar-refractivity contribution in [3.05, 3.63) is 29.8 Å². The molecule has 23 heavy (non-hydrogen) atoms. The maximum absolute atomic E-state index is 6.13. The van der Waals surface area contributed by atoms with Gasteiger partial charge in [-0.1, -0.05) is 25.1 Å². The van der Waals surface area contributed by atoms with Crippen LogP contribution in [0, 0.1) is 0 Å². The minimum absolute atomic E-state index is 0.240.